The molecule has 0 fully saturated rings. The average Bonchev–Trinajstić information content (AvgIpc) is 1.97. The molecule has 0 amide bonds. The molecule has 1 atom stereocenters. The molecule has 0 saturated carbocycles. The van der Waals surface area contributed by atoms with Gasteiger partial charge in [0.1, 0.15) is 0 Å². The van der Waals surface area contributed by atoms with Crippen molar-refractivity contribution in [3.05, 3.63) is 12.2 Å². The maximum absolute atomic E-state index is 11.0. The number of esters is 1. The van der Waals surface area contributed by atoms with E-state index < -0.39 is 0 Å². The lowest BCUT2D eigenvalue weighted by Gasteiger charge is -2.26. The van der Waals surface area contributed by atoms with Crippen LogP contribution in [0.5, 0.6) is 0 Å². The Kier molecular flexibility index (Phi) is 4.14. The van der Waals surface area contributed by atoms with Crippen LogP contribution in [0.25, 0.3) is 0 Å². The van der Waals surface area contributed by atoms with Crippen molar-refractivity contribution in [2.45, 2.75) is 33.2 Å². The van der Waals surface area contributed by atoms with Gasteiger partial charge in [-0.1, -0.05) is 13.5 Å². The fraction of sp³-hybridized carbons (Fsp3) is 0.700. The number of carbonyl (C=O) groups excluding carboxylic acids is 1. The molecule has 13 heavy (non-hydrogen) atoms. The third-order valence-corrected chi connectivity index (χ3v) is 2.08. The highest BCUT2D eigenvalue weighted by molar-refractivity contribution is 5.86. The Hall–Kier alpha value is -0.830. The molecule has 0 heterocycles. The number of hydrogen-bond donors (Lipinski definition) is 1. The normalized spacial score (nSPS) is 13.6. The summed E-state index contributed by atoms with van der Waals surface area (Å²) in [6, 6.07) is 0. The highest BCUT2D eigenvalue weighted by atomic mass is 16.5. The molecule has 0 spiro atoms. The zero-order valence-electron chi connectivity index (χ0n) is 8.89. The molecular weight excluding hydrogens is 166 g/mol. The van der Waals surface area contributed by atoms with E-state index in [1.54, 1.807) is 6.92 Å². The summed E-state index contributed by atoms with van der Waals surface area (Å²) in [7, 11) is 0. The summed E-state index contributed by atoms with van der Waals surface area (Å²) < 4.78 is 4.97. The van der Waals surface area contributed by atoms with Crippen LogP contribution < -0.4 is 5.73 Å². The van der Waals surface area contributed by atoms with E-state index in [0.717, 1.165) is 0 Å². The van der Waals surface area contributed by atoms with Gasteiger partial charge in [0.2, 0.25) is 0 Å². The summed E-state index contributed by atoms with van der Waals surface area (Å²) in [6.45, 7) is 11.2. The Bertz CT molecular complexity index is 203. The predicted molar refractivity (Wildman–Crippen MR) is 53.2 cm³/mol. The van der Waals surface area contributed by atoms with Crippen molar-refractivity contribution < 1.29 is 9.53 Å². The lowest BCUT2D eigenvalue weighted by molar-refractivity contribution is -0.140. The molecule has 3 heteroatoms. The topological polar surface area (TPSA) is 52.3 Å². The van der Waals surface area contributed by atoms with E-state index in [9.17, 15) is 4.79 Å². The van der Waals surface area contributed by atoms with Crippen LogP contribution in [0.15, 0.2) is 12.2 Å². The molecule has 1 unspecified atom stereocenters. The van der Waals surface area contributed by atoms with Crippen LogP contribution in [0.3, 0.4) is 0 Å². The molecule has 3 nitrogen and oxygen atoms in total. The molecule has 0 aromatic rings. The number of carbonyl (C=O) groups is 1. The van der Waals surface area contributed by atoms with Crippen LogP contribution in [-0.4, -0.2) is 18.1 Å². The predicted octanol–water partition coefficient (Wildman–Crippen LogP) is 1.48. The zero-order valence-corrected chi connectivity index (χ0v) is 8.89. The highest BCUT2D eigenvalue weighted by Crippen LogP contribution is 2.13. The van der Waals surface area contributed by atoms with Crippen LogP contribution in [0.4, 0.5) is 0 Å². The molecular formula is C10H19NO2. The Morgan fingerprint density at radius 2 is 2.08 bits per heavy atom. The maximum Gasteiger partial charge on any atom is 0.333 e. The van der Waals surface area contributed by atoms with Crippen LogP contribution >= 0.6 is 0 Å². The third-order valence-electron chi connectivity index (χ3n) is 2.08. The summed E-state index contributed by atoms with van der Waals surface area (Å²) in [4.78, 5) is 11.0. The highest BCUT2D eigenvalue weighted by Gasteiger charge is 2.21. The Balaban J connectivity index is 3.91. The maximum atomic E-state index is 11.0. The lowest BCUT2D eigenvalue weighted by atomic mass is 9.91. The zero-order chi connectivity index (χ0) is 10.6. The Labute approximate surface area is 79.9 Å². The van der Waals surface area contributed by atoms with E-state index >= 15 is 0 Å². The molecule has 76 valence electrons. The SMILES string of the molecule is C=C(C)C(=O)OCC(C)C(C)(C)N. The molecule has 0 radical (unpaired) electrons. The van der Waals surface area contributed by atoms with E-state index in [-0.39, 0.29) is 17.4 Å². The van der Waals surface area contributed by atoms with Gasteiger partial charge in [-0.2, -0.15) is 0 Å². The molecule has 0 saturated heterocycles. The molecule has 2 N–H and O–H groups in total. The van der Waals surface area contributed by atoms with Gasteiger partial charge in [0.15, 0.2) is 0 Å². The molecule has 0 aromatic heterocycles. The second-order valence-electron chi connectivity index (χ2n) is 4.10. The summed E-state index contributed by atoms with van der Waals surface area (Å²) >= 11 is 0. The van der Waals surface area contributed by atoms with Crippen molar-refractivity contribution in [1.29, 1.82) is 0 Å². The molecule has 0 aliphatic heterocycles. The van der Waals surface area contributed by atoms with Gasteiger partial charge >= 0.3 is 5.97 Å². The van der Waals surface area contributed by atoms with E-state index in [0.29, 0.717) is 12.2 Å². The molecule has 0 aromatic carbocycles. The van der Waals surface area contributed by atoms with Crippen molar-refractivity contribution in [3.8, 4) is 0 Å². The minimum absolute atomic E-state index is 0.135. The van der Waals surface area contributed by atoms with Crippen molar-refractivity contribution in [2.75, 3.05) is 6.61 Å². The van der Waals surface area contributed by atoms with E-state index in [1.807, 2.05) is 20.8 Å². The second kappa shape index (κ2) is 4.42. The minimum atomic E-state index is -0.351. The average molecular weight is 185 g/mol. The summed E-state index contributed by atoms with van der Waals surface area (Å²) in [5.41, 5.74) is 5.92. The second-order valence-corrected chi connectivity index (χ2v) is 4.10. The van der Waals surface area contributed by atoms with Gasteiger partial charge in [-0.15, -0.1) is 0 Å². The van der Waals surface area contributed by atoms with Gasteiger partial charge in [0, 0.05) is 17.0 Å². The monoisotopic (exact) mass is 185 g/mol. The quantitative estimate of drug-likeness (QED) is 0.533. The van der Waals surface area contributed by atoms with Crippen LogP contribution in [0, 0.1) is 5.92 Å². The summed E-state index contributed by atoms with van der Waals surface area (Å²) in [5.74, 6) is -0.216. The molecule has 0 aliphatic carbocycles. The van der Waals surface area contributed by atoms with Crippen LogP contribution in [0.2, 0.25) is 0 Å². The van der Waals surface area contributed by atoms with Gasteiger partial charge in [-0.3, -0.25) is 0 Å². The largest absolute Gasteiger partial charge is 0.462 e. The van der Waals surface area contributed by atoms with Crippen molar-refractivity contribution in [2.24, 2.45) is 11.7 Å². The minimum Gasteiger partial charge on any atom is -0.462 e. The number of rotatable bonds is 4. The van der Waals surface area contributed by atoms with Crippen molar-refractivity contribution in [1.82, 2.24) is 0 Å². The van der Waals surface area contributed by atoms with Gasteiger partial charge < -0.3 is 10.5 Å². The van der Waals surface area contributed by atoms with Crippen molar-refractivity contribution >= 4 is 5.97 Å². The number of nitrogens with two attached hydrogens (primary N) is 1. The van der Waals surface area contributed by atoms with E-state index in [1.165, 1.54) is 0 Å². The van der Waals surface area contributed by atoms with E-state index in [4.69, 9.17) is 10.5 Å². The van der Waals surface area contributed by atoms with Gasteiger partial charge in [0.25, 0.3) is 0 Å². The third kappa shape index (κ3) is 4.68. The van der Waals surface area contributed by atoms with E-state index in [2.05, 4.69) is 6.58 Å². The van der Waals surface area contributed by atoms with Crippen LogP contribution in [0.1, 0.15) is 27.7 Å². The Morgan fingerprint density at radius 3 is 2.38 bits per heavy atom. The first-order chi connectivity index (χ1) is 5.75. The van der Waals surface area contributed by atoms with Gasteiger partial charge in [0.05, 0.1) is 6.61 Å². The number of hydrogen-bond acceptors (Lipinski definition) is 3. The summed E-state index contributed by atoms with van der Waals surface area (Å²) in [6.07, 6.45) is 0. The first-order valence-electron chi connectivity index (χ1n) is 4.36. The van der Waals surface area contributed by atoms with Crippen molar-refractivity contribution in [3.63, 3.8) is 0 Å². The lowest BCUT2D eigenvalue weighted by Crippen LogP contribution is -2.41. The molecule has 0 bridgehead atoms. The molecule has 0 aliphatic rings. The first-order valence-corrected chi connectivity index (χ1v) is 4.36. The molecule has 0 rings (SSSR count). The fourth-order valence-electron chi connectivity index (χ4n) is 0.539. The van der Waals surface area contributed by atoms with Crippen LogP contribution in [-0.2, 0) is 9.53 Å². The summed E-state index contributed by atoms with van der Waals surface area (Å²) in [5, 5.41) is 0. The smallest absolute Gasteiger partial charge is 0.333 e. The first kappa shape index (κ1) is 12.2. The van der Waals surface area contributed by atoms with Gasteiger partial charge in [-0.05, 0) is 20.8 Å². The number of ether oxygens (including phenoxy) is 1. The Morgan fingerprint density at radius 1 is 1.62 bits per heavy atom. The van der Waals surface area contributed by atoms with Gasteiger partial charge in [-0.25, -0.2) is 4.79 Å². The standard InChI is InChI=1S/C10H19NO2/c1-7(2)9(12)13-6-8(3)10(4,5)11/h8H,1,6,11H2,2-5H3. The fourth-order valence-corrected chi connectivity index (χ4v) is 0.539.